The van der Waals surface area contributed by atoms with E-state index >= 15 is 0 Å². The molecular formula is C25H30Cl2N6O4S. The maximum absolute atomic E-state index is 12.8. The van der Waals surface area contributed by atoms with E-state index in [1.807, 2.05) is 18.7 Å². The normalized spacial score (nSPS) is 11.1. The minimum absolute atomic E-state index is 0.0485. The van der Waals surface area contributed by atoms with Gasteiger partial charge >= 0.3 is 6.09 Å². The summed E-state index contributed by atoms with van der Waals surface area (Å²) in [4.78, 5) is 24.4. The topological polar surface area (TPSA) is 117 Å². The van der Waals surface area contributed by atoms with E-state index in [9.17, 15) is 13.2 Å². The van der Waals surface area contributed by atoms with Crippen LogP contribution in [0.15, 0.2) is 53.6 Å². The van der Waals surface area contributed by atoms with Gasteiger partial charge in [-0.1, -0.05) is 29.3 Å². The molecule has 0 saturated carbocycles. The molecular weight excluding hydrogens is 551 g/mol. The molecule has 1 heterocycles. The fraction of sp³-hybridized carbons (Fsp3) is 0.320. The van der Waals surface area contributed by atoms with Crippen LogP contribution in [0.4, 0.5) is 27.9 Å². The molecule has 0 bridgehead atoms. The number of rotatable bonds is 11. The first-order chi connectivity index (χ1) is 18.0. The standard InChI is InChI=1S/C25H30Cl2N6O4S/c1-5-33(6-2)24-29-16-22(28-10-11-38(35,36)21-13-17(26)12-18(27)14-21)23(31-24)30-19-8-7-9-20(15-19)37-25(34)32(3)4/h7-9,12-16,28H,5-6,10-11H2,1-4H3,(H,29,30,31). The zero-order chi connectivity index (χ0) is 27.9. The average Bonchev–Trinajstić information content (AvgIpc) is 2.85. The molecule has 0 unspecified atom stereocenters. The second-order valence-electron chi connectivity index (χ2n) is 8.37. The molecule has 3 aromatic rings. The SMILES string of the molecule is CCN(CC)c1ncc(NCCS(=O)(=O)c2cc(Cl)cc(Cl)c2)c(Nc2cccc(OC(=O)N(C)C)c2)n1. The van der Waals surface area contributed by atoms with E-state index < -0.39 is 15.9 Å². The van der Waals surface area contributed by atoms with E-state index in [0.717, 1.165) is 0 Å². The zero-order valence-electron chi connectivity index (χ0n) is 21.5. The Kier molecular flexibility index (Phi) is 10.0. The molecule has 0 spiro atoms. The highest BCUT2D eigenvalue weighted by atomic mass is 35.5. The molecule has 10 nitrogen and oxygen atoms in total. The van der Waals surface area contributed by atoms with Gasteiger partial charge in [0.25, 0.3) is 0 Å². The van der Waals surface area contributed by atoms with Gasteiger partial charge in [-0.05, 0) is 44.2 Å². The zero-order valence-corrected chi connectivity index (χ0v) is 23.9. The second-order valence-corrected chi connectivity index (χ2v) is 11.4. The molecule has 2 N–H and O–H groups in total. The van der Waals surface area contributed by atoms with Crippen molar-refractivity contribution in [3.63, 3.8) is 0 Å². The number of amides is 1. The van der Waals surface area contributed by atoms with Gasteiger partial charge in [0.2, 0.25) is 5.95 Å². The third-order valence-corrected chi connectivity index (χ3v) is 7.50. The van der Waals surface area contributed by atoms with E-state index in [-0.39, 0.29) is 27.2 Å². The van der Waals surface area contributed by atoms with Crippen LogP contribution in [0, 0.1) is 0 Å². The van der Waals surface area contributed by atoms with Gasteiger partial charge in [0.05, 0.1) is 22.5 Å². The lowest BCUT2D eigenvalue weighted by atomic mass is 10.3. The fourth-order valence-corrected chi connectivity index (χ4v) is 5.24. The Hall–Kier alpha value is -3.28. The number of benzene rings is 2. The Morgan fingerprint density at radius 2 is 1.74 bits per heavy atom. The highest BCUT2D eigenvalue weighted by molar-refractivity contribution is 7.91. The van der Waals surface area contributed by atoms with Gasteiger partial charge in [-0.25, -0.2) is 18.2 Å². The summed E-state index contributed by atoms with van der Waals surface area (Å²) in [5, 5.41) is 6.82. The average molecular weight is 582 g/mol. The number of hydrogen-bond donors (Lipinski definition) is 2. The molecule has 0 radical (unpaired) electrons. The highest BCUT2D eigenvalue weighted by Gasteiger charge is 2.17. The maximum atomic E-state index is 12.8. The number of ether oxygens (including phenoxy) is 1. The lowest BCUT2D eigenvalue weighted by Crippen LogP contribution is -2.25. The predicted molar refractivity (Wildman–Crippen MR) is 152 cm³/mol. The van der Waals surface area contributed by atoms with Gasteiger partial charge in [-0.15, -0.1) is 0 Å². The van der Waals surface area contributed by atoms with Crippen molar-refractivity contribution in [3.05, 3.63) is 58.7 Å². The number of sulfone groups is 1. The summed E-state index contributed by atoms with van der Waals surface area (Å²) in [5.74, 6) is 1.09. The van der Waals surface area contributed by atoms with Crippen molar-refractivity contribution >= 4 is 62.3 Å². The monoisotopic (exact) mass is 580 g/mol. The van der Waals surface area contributed by atoms with Crippen LogP contribution in [-0.2, 0) is 9.84 Å². The highest BCUT2D eigenvalue weighted by Crippen LogP contribution is 2.28. The number of hydrogen-bond acceptors (Lipinski definition) is 9. The van der Waals surface area contributed by atoms with Gasteiger partial charge in [-0.3, -0.25) is 0 Å². The third kappa shape index (κ3) is 7.86. The molecule has 0 saturated heterocycles. The van der Waals surface area contributed by atoms with Crippen LogP contribution in [-0.4, -0.2) is 68.9 Å². The largest absolute Gasteiger partial charge is 0.414 e. The van der Waals surface area contributed by atoms with Crippen molar-refractivity contribution in [1.29, 1.82) is 0 Å². The molecule has 0 aliphatic carbocycles. The summed E-state index contributed by atoms with van der Waals surface area (Å²) in [7, 11) is -0.461. The quantitative estimate of drug-likeness (QED) is 0.310. The summed E-state index contributed by atoms with van der Waals surface area (Å²) >= 11 is 12.0. The van der Waals surface area contributed by atoms with Crippen LogP contribution < -0.4 is 20.3 Å². The molecule has 38 heavy (non-hydrogen) atoms. The van der Waals surface area contributed by atoms with Crippen molar-refractivity contribution in [1.82, 2.24) is 14.9 Å². The molecule has 1 amide bonds. The van der Waals surface area contributed by atoms with Crippen molar-refractivity contribution in [2.75, 3.05) is 55.0 Å². The van der Waals surface area contributed by atoms with Crippen molar-refractivity contribution in [2.24, 2.45) is 0 Å². The van der Waals surface area contributed by atoms with Gasteiger partial charge in [0, 0.05) is 55.5 Å². The first-order valence-electron chi connectivity index (χ1n) is 11.8. The van der Waals surface area contributed by atoms with E-state index in [2.05, 4.69) is 20.6 Å². The summed E-state index contributed by atoms with van der Waals surface area (Å²) in [5.41, 5.74) is 1.11. The van der Waals surface area contributed by atoms with Crippen LogP contribution in [0.25, 0.3) is 0 Å². The smallest absolute Gasteiger partial charge is 0.410 e. The third-order valence-electron chi connectivity index (χ3n) is 5.37. The summed E-state index contributed by atoms with van der Waals surface area (Å²) in [6.07, 6.45) is 1.10. The Morgan fingerprint density at radius 1 is 1.05 bits per heavy atom. The number of carbonyl (C=O) groups is 1. The number of nitrogens with one attached hydrogen (secondary N) is 2. The molecule has 13 heteroatoms. The van der Waals surface area contributed by atoms with Gasteiger partial charge < -0.3 is 25.2 Å². The Bertz CT molecular complexity index is 1360. The fourth-order valence-electron chi connectivity index (χ4n) is 3.37. The molecule has 0 fully saturated rings. The Morgan fingerprint density at radius 3 is 2.37 bits per heavy atom. The summed E-state index contributed by atoms with van der Waals surface area (Å²) in [6, 6.07) is 11.1. The first kappa shape index (κ1) is 29.3. The number of aromatic nitrogens is 2. The molecule has 0 aliphatic rings. The molecule has 0 atom stereocenters. The van der Waals surface area contributed by atoms with E-state index in [1.165, 1.54) is 23.1 Å². The summed E-state index contributed by atoms with van der Waals surface area (Å²) < 4.78 is 31.0. The van der Waals surface area contributed by atoms with E-state index in [0.29, 0.717) is 42.0 Å². The van der Waals surface area contributed by atoms with Crippen LogP contribution in [0.2, 0.25) is 10.0 Å². The van der Waals surface area contributed by atoms with Gasteiger partial charge in [0.1, 0.15) is 5.75 Å². The van der Waals surface area contributed by atoms with E-state index in [4.69, 9.17) is 27.9 Å². The Labute approximate surface area is 232 Å². The number of halogens is 2. The lowest BCUT2D eigenvalue weighted by molar-refractivity contribution is 0.172. The molecule has 0 aliphatic heterocycles. The van der Waals surface area contributed by atoms with Crippen LogP contribution >= 0.6 is 23.2 Å². The van der Waals surface area contributed by atoms with Gasteiger partial charge in [-0.2, -0.15) is 4.98 Å². The van der Waals surface area contributed by atoms with Crippen LogP contribution in [0.1, 0.15) is 13.8 Å². The second kappa shape index (κ2) is 13.0. The molecule has 3 rings (SSSR count). The predicted octanol–water partition coefficient (Wildman–Crippen LogP) is 5.32. The number of anilines is 4. The van der Waals surface area contributed by atoms with Gasteiger partial charge in [0.15, 0.2) is 15.7 Å². The van der Waals surface area contributed by atoms with E-state index in [1.54, 1.807) is 44.6 Å². The minimum Gasteiger partial charge on any atom is -0.410 e. The maximum Gasteiger partial charge on any atom is 0.414 e. The minimum atomic E-state index is -3.65. The number of nitrogens with zero attached hydrogens (tertiary/aromatic N) is 4. The van der Waals surface area contributed by atoms with Crippen LogP contribution in [0.3, 0.4) is 0 Å². The Balaban J connectivity index is 1.83. The molecule has 2 aromatic carbocycles. The van der Waals surface area contributed by atoms with Crippen molar-refractivity contribution < 1.29 is 17.9 Å². The van der Waals surface area contributed by atoms with Crippen LogP contribution in [0.5, 0.6) is 5.75 Å². The van der Waals surface area contributed by atoms with Crippen molar-refractivity contribution in [2.45, 2.75) is 18.7 Å². The molecule has 1 aromatic heterocycles. The number of carbonyl (C=O) groups excluding carboxylic acids is 1. The van der Waals surface area contributed by atoms with Crippen molar-refractivity contribution in [3.8, 4) is 5.75 Å². The lowest BCUT2D eigenvalue weighted by Gasteiger charge is -2.21. The summed E-state index contributed by atoms with van der Waals surface area (Å²) in [6.45, 7) is 5.50. The molecule has 204 valence electrons. The first-order valence-corrected chi connectivity index (χ1v) is 14.2.